The molecule has 2 aromatic rings. The van der Waals surface area contributed by atoms with Gasteiger partial charge in [0.1, 0.15) is 5.82 Å². The zero-order chi connectivity index (χ0) is 12.3. The lowest BCUT2D eigenvalue weighted by Gasteiger charge is -2.10. The lowest BCUT2D eigenvalue weighted by Crippen LogP contribution is -2.05. The van der Waals surface area contributed by atoms with Crippen LogP contribution in [0.2, 0.25) is 0 Å². The average molecular weight is 226 g/mol. The Labute approximate surface area is 103 Å². The van der Waals surface area contributed by atoms with Crippen LogP contribution in [0.4, 0.5) is 0 Å². The summed E-state index contributed by atoms with van der Waals surface area (Å²) >= 11 is 0. The molecule has 0 aliphatic carbocycles. The van der Waals surface area contributed by atoms with Gasteiger partial charge in [0.05, 0.1) is 11.9 Å². The van der Waals surface area contributed by atoms with Crippen LogP contribution in [-0.2, 0) is 6.54 Å². The van der Waals surface area contributed by atoms with Crippen LogP contribution in [0.5, 0.6) is 0 Å². The molecule has 2 nitrogen and oxygen atoms in total. The third-order valence-electron chi connectivity index (χ3n) is 3.08. The van der Waals surface area contributed by atoms with Gasteiger partial charge in [0.25, 0.3) is 0 Å². The summed E-state index contributed by atoms with van der Waals surface area (Å²) in [5.41, 5.74) is 3.77. The lowest BCUT2D eigenvalue weighted by atomic mass is 10.2. The van der Waals surface area contributed by atoms with E-state index in [1.807, 2.05) is 12.3 Å². The van der Waals surface area contributed by atoms with Crippen molar-refractivity contribution in [3.05, 3.63) is 59.7 Å². The number of nitrogens with zero attached hydrogens (tertiary/aromatic N) is 2. The van der Waals surface area contributed by atoms with E-state index >= 15 is 0 Å². The number of aromatic nitrogens is 2. The highest BCUT2D eigenvalue weighted by Gasteiger charge is 2.07. The van der Waals surface area contributed by atoms with Gasteiger partial charge in [0.15, 0.2) is 0 Å². The van der Waals surface area contributed by atoms with Gasteiger partial charge in [0.2, 0.25) is 0 Å². The van der Waals surface area contributed by atoms with E-state index in [1.165, 1.54) is 16.8 Å². The third kappa shape index (κ3) is 2.47. The van der Waals surface area contributed by atoms with Crippen LogP contribution >= 0.6 is 0 Å². The molecule has 88 valence electrons. The van der Waals surface area contributed by atoms with Gasteiger partial charge in [0, 0.05) is 6.54 Å². The second kappa shape index (κ2) is 5.00. The zero-order valence-electron chi connectivity index (χ0n) is 10.6. The van der Waals surface area contributed by atoms with Crippen molar-refractivity contribution in [1.82, 2.24) is 9.55 Å². The SMILES string of the molecule is C/C=C(\C)c1cnc(C)n1Cc1ccccc1. The van der Waals surface area contributed by atoms with Crippen LogP contribution in [0.25, 0.3) is 5.57 Å². The van der Waals surface area contributed by atoms with Gasteiger partial charge in [-0.3, -0.25) is 0 Å². The van der Waals surface area contributed by atoms with Crippen LogP contribution in [0.3, 0.4) is 0 Å². The maximum Gasteiger partial charge on any atom is 0.106 e. The maximum absolute atomic E-state index is 4.40. The van der Waals surface area contributed by atoms with Gasteiger partial charge >= 0.3 is 0 Å². The number of hydrogen-bond acceptors (Lipinski definition) is 1. The molecular formula is C15H18N2. The second-order valence-electron chi connectivity index (χ2n) is 4.23. The Morgan fingerprint density at radius 1 is 1.29 bits per heavy atom. The smallest absolute Gasteiger partial charge is 0.106 e. The highest BCUT2D eigenvalue weighted by Crippen LogP contribution is 2.17. The van der Waals surface area contributed by atoms with E-state index < -0.39 is 0 Å². The molecular weight excluding hydrogens is 208 g/mol. The topological polar surface area (TPSA) is 17.8 Å². The minimum Gasteiger partial charge on any atom is -0.324 e. The molecule has 0 N–H and O–H groups in total. The van der Waals surface area contributed by atoms with Crippen molar-refractivity contribution in [3.8, 4) is 0 Å². The quantitative estimate of drug-likeness (QED) is 0.781. The number of allylic oxidation sites excluding steroid dienone is 2. The number of benzene rings is 1. The fraction of sp³-hybridized carbons (Fsp3) is 0.267. The molecule has 0 saturated carbocycles. The van der Waals surface area contributed by atoms with E-state index in [4.69, 9.17) is 0 Å². The minimum absolute atomic E-state index is 0.882. The minimum atomic E-state index is 0.882. The summed E-state index contributed by atoms with van der Waals surface area (Å²) in [5, 5.41) is 0. The molecule has 1 aromatic carbocycles. The van der Waals surface area contributed by atoms with Gasteiger partial charge in [-0.1, -0.05) is 36.4 Å². The first-order chi connectivity index (χ1) is 8.22. The first-order valence-electron chi connectivity index (χ1n) is 5.91. The van der Waals surface area contributed by atoms with E-state index in [1.54, 1.807) is 0 Å². The lowest BCUT2D eigenvalue weighted by molar-refractivity contribution is 0.751. The molecule has 17 heavy (non-hydrogen) atoms. The summed E-state index contributed by atoms with van der Waals surface area (Å²) in [4.78, 5) is 4.40. The largest absolute Gasteiger partial charge is 0.324 e. The fourth-order valence-electron chi connectivity index (χ4n) is 1.90. The Hall–Kier alpha value is -1.83. The van der Waals surface area contributed by atoms with Crippen molar-refractivity contribution in [2.75, 3.05) is 0 Å². The van der Waals surface area contributed by atoms with Crippen molar-refractivity contribution in [2.24, 2.45) is 0 Å². The van der Waals surface area contributed by atoms with Crippen molar-refractivity contribution >= 4 is 5.57 Å². The van der Waals surface area contributed by atoms with Crippen LogP contribution in [0.15, 0.2) is 42.6 Å². The second-order valence-corrected chi connectivity index (χ2v) is 4.23. The third-order valence-corrected chi connectivity index (χ3v) is 3.08. The first-order valence-corrected chi connectivity index (χ1v) is 5.91. The molecule has 0 unspecified atom stereocenters. The molecule has 2 heteroatoms. The van der Waals surface area contributed by atoms with Crippen molar-refractivity contribution in [2.45, 2.75) is 27.3 Å². The van der Waals surface area contributed by atoms with Gasteiger partial charge in [-0.05, 0) is 31.9 Å². The normalized spacial score (nSPS) is 11.8. The summed E-state index contributed by atoms with van der Waals surface area (Å²) in [6.45, 7) is 7.12. The molecule has 0 aliphatic rings. The van der Waals surface area contributed by atoms with Gasteiger partial charge in [-0.2, -0.15) is 0 Å². The zero-order valence-corrected chi connectivity index (χ0v) is 10.6. The Kier molecular flexibility index (Phi) is 3.43. The van der Waals surface area contributed by atoms with E-state index in [0.29, 0.717) is 0 Å². The van der Waals surface area contributed by atoms with Crippen molar-refractivity contribution in [1.29, 1.82) is 0 Å². The number of aryl methyl sites for hydroxylation is 1. The van der Waals surface area contributed by atoms with Gasteiger partial charge in [-0.15, -0.1) is 0 Å². The monoisotopic (exact) mass is 226 g/mol. The molecule has 0 bridgehead atoms. The Bertz CT molecular complexity index is 521. The van der Waals surface area contributed by atoms with Crippen molar-refractivity contribution in [3.63, 3.8) is 0 Å². The Morgan fingerprint density at radius 3 is 2.65 bits per heavy atom. The Balaban J connectivity index is 2.36. The number of imidazole rings is 1. The average Bonchev–Trinajstić information content (AvgIpc) is 2.72. The standard InChI is InChI=1S/C15H18N2/c1-4-12(2)15-10-16-13(3)17(15)11-14-8-6-5-7-9-14/h4-10H,11H2,1-3H3/b12-4+. The highest BCUT2D eigenvalue weighted by atomic mass is 15.1. The molecule has 0 spiro atoms. The predicted molar refractivity (Wildman–Crippen MR) is 71.8 cm³/mol. The predicted octanol–water partition coefficient (Wildman–Crippen LogP) is 3.66. The molecule has 0 atom stereocenters. The van der Waals surface area contributed by atoms with Gasteiger partial charge in [-0.25, -0.2) is 4.98 Å². The van der Waals surface area contributed by atoms with Crippen LogP contribution in [0, 0.1) is 6.92 Å². The van der Waals surface area contributed by atoms with E-state index in [2.05, 4.69) is 60.7 Å². The molecule has 1 aromatic heterocycles. The number of hydrogen-bond donors (Lipinski definition) is 0. The number of rotatable bonds is 3. The van der Waals surface area contributed by atoms with Gasteiger partial charge < -0.3 is 4.57 Å². The summed E-state index contributed by atoms with van der Waals surface area (Å²) < 4.78 is 2.25. The van der Waals surface area contributed by atoms with Crippen LogP contribution in [0.1, 0.15) is 30.9 Å². The highest BCUT2D eigenvalue weighted by molar-refractivity contribution is 5.60. The van der Waals surface area contributed by atoms with Crippen LogP contribution in [-0.4, -0.2) is 9.55 Å². The van der Waals surface area contributed by atoms with E-state index in [9.17, 15) is 0 Å². The molecule has 0 radical (unpaired) electrons. The fourth-order valence-corrected chi connectivity index (χ4v) is 1.90. The first kappa shape index (κ1) is 11.6. The molecule has 0 amide bonds. The summed E-state index contributed by atoms with van der Waals surface area (Å²) in [7, 11) is 0. The summed E-state index contributed by atoms with van der Waals surface area (Å²) in [6, 6.07) is 10.5. The molecule has 0 saturated heterocycles. The van der Waals surface area contributed by atoms with Crippen LogP contribution < -0.4 is 0 Å². The Morgan fingerprint density at radius 2 is 2.00 bits per heavy atom. The summed E-state index contributed by atoms with van der Waals surface area (Å²) in [5.74, 6) is 1.06. The molecule has 0 aliphatic heterocycles. The van der Waals surface area contributed by atoms with E-state index in [0.717, 1.165) is 12.4 Å². The summed E-state index contributed by atoms with van der Waals surface area (Å²) in [6.07, 6.45) is 4.07. The molecule has 1 heterocycles. The molecule has 0 fully saturated rings. The molecule has 2 rings (SSSR count). The van der Waals surface area contributed by atoms with Crippen molar-refractivity contribution < 1.29 is 0 Å². The maximum atomic E-state index is 4.40. The van der Waals surface area contributed by atoms with E-state index in [-0.39, 0.29) is 0 Å².